The van der Waals surface area contributed by atoms with E-state index >= 15 is 0 Å². The van der Waals surface area contributed by atoms with Crippen LogP contribution in [0.25, 0.3) is 0 Å². The molecule has 1 aromatic heterocycles. The molecule has 0 atom stereocenters. The second-order valence-electron chi connectivity index (χ2n) is 7.13. The van der Waals surface area contributed by atoms with Gasteiger partial charge in [0.2, 0.25) is 0 Å². The van der Waals surface area contributed by atoms with E-state index in [0.717, 1.165) is 37.2 Å². The predicted octanol–water partition coefficient (Wildman–Crippen LogP) is 1.60. The third-order valence-corrected chi connectivity index (χ3v) is 5.04. The summed E-state index contributed by atoms with van der Waals surface area (Å²) in [5.74, 6) is 2.34. The van der Waals surface area contributed by atoms with Crippen molar-refractivity contribution in [1.82, 2.24) is 10.1 Å². The summed E-state index contributed by atoms with van der Waals surface area (Å²) in [6.45, 7) is 3.95. The molecule has 116 valence electrons. The monoisotopic (exact) mass is 292 g/mol. The largest absolute Gasteiger partial charge is 0.388 e. The molecule has 0 aromatic carbocycles. The highest BCUT2D eigenvalue weighted by atomic mass is 16.5. The topological polar surface area (TPSA) is 58.7 Å². The van der Waals surface area contributed by atoms with Gasteiger partial charge in [-0.05, 0) is 37.5 Å². The second kappa shape index (κ2) is 5.38. The molecule has 3 fully saturated rings. The van der Waals surface area contributed by atoms with Crippen LogP contribution in [0.15, 0.2) is 10.6 Å². The Hall–Kier alpha value is -0.910. The van der Waals surface area contributed by atoms with Crippen LogP contribution in [0.3, 0.4) is 0 Å². The number of aliphatic hydroxyl groups excluding tert-OH is 1. The van der Waals surface area contributed by atoms with Crippen LogP contribution in [-0.4, -0.2) is 47.0 Å². The van der Waals surface area contributed by atoms with E-state index in [9.17, 15) is 0 Å². The SMILES string of the molecule is OCc1cc(CC2(N(CC3CC3)CC3CC3)COC2)no1. The highest BCUT2D eigenvalue weighted by Crippen LogP contribution is 2.39. The zero-order valence-electron chi connectivity index (χ0n) is 12.5. The summed E-state index contributed by atoms with van der Waals surface area (Å²) in [6, 6.07) is 1.88. The minimum Gasteiger partial charge on any atom is -0.388 e. The Bertz CT molecular complexity index is 475. The summed E-state index contributed by atoms with van der Waals surface area (Å²) in [5, 5.41) is 13.2. The summed E-state index contributed by atoms with van der Waals surface area (Å²) >= 11 is 0. The fraction of sp³-hybridized carbons (Fsp3) is 0.812. The van der Waals surface area contributed by atoms with E-state index < -0.39 is 0 Å². The van der Waals surface area contributed by atoms with Gasteiger partial charge >= 0.3 is 0 Å². The molecule has 0 amide bonds. The average molecular weight is 292 g/mol. The summed E-state index contributed by atoms with van der Waals surface area (Å²) in [5.41, 5.74) is 1.05. The van der Waals surface area contributed by atoms with Gasteiger partial charge in [0.25, 0.3) is 0 Å². The average Bonchev–Trinajstić information content (AvgIpc) is 3.36. The first-order valence-corrected chi connectivity index (χ1v) is 8.15. The van der Waals surface area contributed by atoms with E-state index in [4.69, 9.17) is 14.4 Å². The van der Waals surface area contributed by atoms with Crippen LogP contribution in [-0.2, 0) is 17.8 Å². The fourth-order valence-electron chi connectivity index (χ4n) is 3.27. The van der Waals surface area contributed by atoms with Crippen molar-refractivity contribution in [2.24, 2.45) is 11.8 Å². The van der Waals surface area contributed by atoms with E-state index in [1.165, 1.54) is 38.8 Å². The first kappa shape index (κ1) is 13.7. The van der Waals surface area contributed by atoms with E-state index in [1.54, 1.807) is 0 Å². The lowest BCUT2D eigenvalue weighted by molar-refractivity contribution is -0.143. The molecule has 1 aliphatic heterocycles. The van der Waals surface area contributed by atoms with Gasteiger partial charge in [-0.1, -0.05) is 5.16 Å². The first-order chi connectivity index (χ1) is 10.3. The van der Waals surface area contributed by atoms with Crippen molar-refractivity contribution in [3.8, 4) is 0 Å². The molecule has 2 heterocycles. The van der Waals surface area contributed by atoms with Crippen LogP contribution in [0.1, 0.15) is 37.1 Å². The number of aliphatic hydroxyl groups is 1. The predicted molar refractivity (Wildman–Crippen MR) is 76.7 cm³/mol. The molecule has 0 spiro atoms. The third-order valence-electron chi connectivity index (χ3n) is 5.04. The summed E-state index contributed by atoms with van der Waals surface area (Å²) in [6.07, 6.45) is 6.41. The summed E-state index contributed by atoms with van der Waals surface area (Å²) in [4.78, 5) is 2.68. The zero-order chi connectivity index (χ0) is 14.3. The molecule has 21 heavy (non-hydrogen) atoms. The van der Waals surface area contributed by atoms with Crippen LogP contribution < -0.4 is 0 Å². The standard InChI is InChI=1S/C16H24N2O3/c19-9-15-5-14(17-21-15)6-16(10-20-11-16)18(7-12-1-2-12)8-13-3-4-13/h5,12-13,19H,1-4,6-11H2. The maximum Gasteiger partial charge on any atom is 0.162 e. The Kier molecular flexibility index (Phi) is 3.52. The Morgan fingerprint density at radius 2 is 1.86 bits per heavy atom. The number of ether oxygens (including phenoxy) is 1. The number of hydrogen-bond donors (Lipinski definition) is 1. The summed E-state index contributed by atoms with van der Waals surface area (Å²) in [7, 11) is 0. The van der Waals surface area contributed by atoms with Crippen LogP contribution in [0.5, 0.6) is 0 Å². The number of hydrogen-bond acceptors (Lipinski definition) is 5. The van der Waals surface area contributed by atoms with Crippen molar-refractivity contribution < 1.29 is 14.4 Å². The van der Waals surface area contributed by atoms with Crippen LogP contribution >= 0.6 is 0 Å². The molecule has 5 nitrogen and oxygen atoms in total. The maximum atomic E-state index is 9.12. The molecule has 3 aliphatic rings. The molecule has 2 saturated carbocycles. The van der Waals surface area contributed by atoms with Crippen molar-refractivity contribution in [2.75, 3.05) is 26.3 Å². The molecule has 1 N–H and O–H groups in total. The van der Waals surface area contributed by atoms with Crippen molar-refractivity contribution in [2.45, 2.75) is 44.2 Å². The van der Waals surface area contributed by atoms with Crippen LogP contribution in [0.2, 0.25) is 0 Å². The van der Waals surface area contributed by atoms with Gasteiger partial charge in [0.15, 0.2) is 5.76 Å². The number of rotatable bonds is 8. The van der Waals surface area contributed by atoms with Crippen LogP contribution in [0.4, 0.5) is 0 Å². The molecule has 0 unspecified atom stereocenters. The van der Waals surface area contributed by atoms with Gasteiger partial charge in [0.05, 0.1) is 24.4 Å². The molecular formula is C16H24N2O3. The highest BCUT2D eigenvalue weighted by Gasteiger charge is 2.47. The van der Waals surface area contributed by atoms with Crippen molar-refractivity contribution in [3.05, 3.63) is 17.5 Å². The second-order valence-corrected chi connectivity index (χ2v) is 7.13. The Morgan fingerprint density at radius 3 is 2.29 bits per heavy atom. The first-order valence-electron chi connectivity index (χ1n) is 8.15. The molecule has 1 saturated heterocycles. The van der Waals surface area contributed by atoms with Gasteiger partial charge in [0.1, 0.15) is 6.61 Å². The van der Waals surface area contributed by atoms with Gasteiger partial charge < -0.3 is 14.4 Å². The highest BCUT2D eigenvalue weighted by molar-refractivity contribution is 5.13. The van der Waals surface area contributed by atoms with Gasteiger partial charge in [-0.3, -0.25) is 4.90 Å². The van der Waals surface area contributed by atoms with Gasteiger partial charge in [-0.15, -0.1) is 0 Å². The minimum atomic E-state index is -0.0790. The summed E-state index contributed by atoms with van der Waals surface area (Å²) < 4.78 is 10.7. The molecular weight excluding hydrogens is 268 g/mol. The van der Waals surface area contributed by atoms with E-state index in [0.29, 0.717) is 5.76 Å². The maximum absolute atomic E-state index is 9.12. The van der Waals surface area contributed by atoms with E-state index in [2.05, 4.69) is 10.1 Å². The Morgan fingerprint density at radius 1 is 1.19 bits per heavy atom. The quantitative estimate of drug-likeness (QED) is 0.788. The van der Waals surface area contributed by atoms with Gasteiger partial charge in [0, 0.05) is 25.6 Å². The lowest BCUT2D eigenvalue weighted by Crippen LogP contribution is -2.64. The van der Waals surface area contributed by atoms with E-state index in [-0.39, 0.29) is 12.1 Å². The minimum absolute atomic E-state index is 0.0790. The molecule has 1 aromatic rings. The van der Waals surface area contributed by atoms with Crippen molar-refractivity contribution in [3.63, 3.8) is 0 Å². The third kappa shape index (κ3) is 3.00. The van der Waals surface area contributed by atoms with Crippen LogP contribution in [0, 0.1) is 11.8 Å². The number of aromatic nitrogens is 1. The molecule has 0 bridgehead atoms. The van der Waals surface area contributed by atoms with Crippen molar-refractivity contribution in [1.29, 1.82) is 0 Å². The lowest BCUT2D eigenvalue weighted by atomic mass is 9.88. The Balaban J connectivity index is 1.48. The fourth-order valence-corrected chi connectivity index (χ4v) is 3.27. The molecule has 2 aliphatic carbocycles. The van der Waals surface area contributed by atoms with E-state index in [1.807, 2.05) is 6.07 Å². The molecule has 4 rings (SSSR count). The zero-order valence-corrected chi connectivity index (χ0v) is 12.5. The normalized spacial score (nSPS) is 24.3. The molecule has 0 radical (unpaired) electrons. The van der Waals surface area contributed by atoms with Gasteiger partial charge in [-0.25, -0.2) is 0 Å². The van der Waals surface area contributed by atoms with Crippen molar-refractivity contribution >= 4 is 0 Å². The Labute approximate surface area is 125 Å². The smallest absolute Gasteiger partial charge is 0.162 e. The van der Waals surface area contributed by atoms with Gasteiger partial charge in [-0.2, -0.15) is 0 Å². The number of nitrogens with zero attached hydrogens (tertiary/aromatic N) is 2. The molecule has 5 heteroatoms. The lowest BCUT2D eigenvalue weighted by Gasteiger charge is -2.50.